The third kappa shape index (κ3) is 3.20. The van der Waals surface area contributed by atoms with E-state index in [-0.39, 0.29) is 23.8 Å². The smallest absolute Gasteiger partial charge is 0.255 e. The van der Waals surface area contributed by atoms with Gasteiger partial charge in [0.1, 0.15) is 11.3 Å². The summed E-state index contributed by atoms with van der Waals surface area (Å²) in [7, 11) is 0. The molecular formula is C27H20ClNO4. The molecule has 5 rings (SSSR count). The van der Waals surface area contributed by atoms with E-state index in [1.807, 2.05) is 42.5 Å². The lowest BCUT2D eigenvalue weighted by molar-refractivity contribution is 0.0655. The van der Waals surface area contributed by atoms with Gasteiger partial charge < -0.3 is 20.2 Å². The van der Waals surface area contributed by atoms with Gasteiger partial charge >= 0.3 is 0 Å². The number of carbonyl (C=O) groups is 1. The number of hydrogen-bond donors (Lipinski definition) is 3. The van der Waals surface area contributed by atoms with Crippen molar-refractivity contribution in [2.24, 2.45) is 0 Å². The zero-order chi connectivity index (χ0) is 23.2. The predicted molar refractivity (Wildman–Crippen MR) is 126 cm³/mol. The molecule has 4 aromatic rings. The summed E-state index contributed by atoms with van der Waals surface area (Å²) in [6.07, 6.45) is 0. The average Bonchev–Trinajstić information content (AvgIpc) is 3.06. The molecule has 1 unspecified atom stereocenters. The van der Waals surface area contributed by atoms with Crippen LogP contribution in [0, 0.1) is 0 Å². The molecule has 1 aliphatic heterocycles. The van der Waals surface area contributed by atoms with Crippen molar-refractivity contribution >= 4 is 17.5 Å². The van der Waals surface area contributed by atoms with Crippen LogP contribution < -0.4 is 0 Å². The van der Waals surface area contributed by atoms with E-state index in [9.17, 15) is 20.1 Å². The molecule has 1 aliphatic rings. The second kappa shape index (κ2) is 7.87. The number of nitrogens with zero attached hydrogens (tertiary/aromatic N) is 1. The molecule has 0 radical (unpaired) electrons. The molecule has 4 aromatic carbocycles. The maximum Gasteiger partial charge on any atom is 0.255 e. The van der Waals surface area contributed by atoms with Crippen molar-refractivity contribution < 1.29 is 20.1 Å². The summed E-state index contributed by atoms with van der Waals surface area (Å²) in [4.78, 5) is 15.5. The number of phenols is 3. The van der Waals surface area contributed by atoms with Gasteiger partial charge in [0, 0.05) is 28.8 Å². The SMILES string of the molecule is O=C1c2ccccc2C(c2ccc(Cl)cc2)(c2cc(O)c(O)cc2O)N1Cc1ccccc1. The van der Waals surface area contributed by atoms with E-state index in [0.29, 0.717) is 21.7 Å². The number of fused-ring (bicyclic) bond motifs is 1. The fourth-order valence-corrected chi connectivity index (χ4v) is 4.81. The van der Waals surface area contributed by atoms with Crippen molar-refractivity contribution in [2.45, 2.75) is 12.1 Å². The Morgan fingerprint density at radius 1 is 0.727 bits per heavy atom. The van der Waals surface area contributed by atoms with Crippen LogP contribution in [0.1, 0.15) is 32.6 Å². The van der Waals surface area contributed by atoms with E-state index in [1.54, 1.807) is 41.3 Å². The number of hydrogen-bond acceptors (Lipinski definition) is 4. The highest BCUT2D eigenvalue weighted by Gasteiger charge is 2.53. The topological polar surface area (TPSA) is 81.0 Å². The Kier molecular flexibility index (Phi) is 4.99. The van der Waals surface area contributed by atoms with E-state index in [2.05, 4.69) is 0 Å². The average molecular weight is 458 g/mol. The fourth-order valence-electron chi connectivity index (χ4n) is 4.69. The molecule has 3 N–H and O–H groups in total. The lowest BCUT2D eigenvalue weighted by atomic mass is 9.76. The van der Waals surface area contributed by atoms with Gasteiger partial charge in [-0.05, 0) is 41.0 Å². The molecule has 5 nitrogen and oxygen atoms in total. The number of carbonyl (C=O) groups excluding carboxylic acids is 1. The molecule has 1 atom stereocenters. The summed E-state index contributed by atoms with van der Waals surface area (Å²) in [6.45, 7) is 0.248. The highest BCUT2D eigenvalue weighted by molar-refractivity contribution is 6.30. The normalized spacial score (nSPS) is 17.2. The van der Waals surface area contributed by atoms with Crippen LogP contribution in [0.5, 0.6) is 17.2 Å². The lowest BCUT2D eigenvalue weighted by Crippen LogP contribution is -2.45. The van der Waals surface area contributed by atoms with Gasteiger partial charge in [-0.1, -0.05) is 72.3 Å². The van der Waals surface area contributed by atoms with Crippen LogP contribution in [-0.4, -0.2) is 26.1 Å². The van der Waals surface area contributed by atoms with Crippen LogP contribution in [-0.2, 0) is 12.1 Å². The Morgan fingerprint density at radius 3 is 2.09 bits per heavy atom. The van der Waals surface area contributed by atoms with Crippen molar-refractivity contribution in [2.75, 3.05) is 0 Å². The predicted octanol–water partition coefficient (Wildman–Crippen LogP) is 5.40. The maximum absolute atomic E-state index is 13.8. The molecule has 0 fully saturated rings. The first-order valence-corrected chi connectivity index (χ1v) is 10.8. The summed E-state index contributed by atoms with van der Waals surface area (Å²) in [5, 5.41) is 31.9. The van der Waals surface area contributed by atoms with E-state index < -0.39 is 17.0 Å². The van der Waals surface area contributed by atoms with E-state index in [1.165, 1.54) is 6.07 Å². The Morgan fingerprint density at radius 2 is 1.36 bits per heavy atom. The van der Waals surface area contributed by atoms with E-state index in [4.69, 9.17) is 11.6 Å². The first-order valence-electron chi connectivity index (χ1n) is 10.4. The second-order valence-electron chi connectivity index (χ2n) is 8.00. The van der Waals surface area contributed by atoms with Gasteiger partial charge in [-0.25, -0.2) is 0 Å². The summed E-state index contributed by atoms with van der Waals surface area (Å²) >= 11 is 6.18. The van der Waals surface area contributed by atoms with Gasteiger partial charge in [0.05, 0.1) is 0 Å². The Hall–Kier alpha value is -3.96. The highest BCUT2D eigenvalue weighted by atomic mass is 35.5. The van der Waals surface area contributed by atoms with Crippen LogP contribution in [0.25, 0.3) is 0 Å². The van der Waals surface area contributed by atoms with Gasteiger partial charge in [-0.3, -0.25) is 4.79 Å². The summed E-state index contributed by atoms with van der Waals surface area (Å²) in [6, 6.07) is 26.2. The first-order chi connectivity index (χ1) is 15.9. The molecule has 1 amide bonds. The molecule has 0 bridgehead atoms. The monoisotopic (exact) mass is 457 g/mol. The Labute approximate surface area is 195 Å². The van der Waals surface area contributed by atoms with Crippen molar-refractivity contribution in [3.8, 4) is 17.2 Å². The van der Waals surface area contributed by atoms with Gasteiger partial charge in [0.2, 0.25) is 0 Å². The molecular weight excluding hydrogens is 438 g/mol. The molecule has 164 valence electrons. The standard InChI is InChI=1S/C27H20ClNO4/c28-19-12-10-18(11-13-19)27(22-14-24(31)25(32)15-23(22)30)21-9-5-4-8-20(21)26(33)29(27)16-17-6-2-1-3-7-17/h1-15,30-32H,16H2. The highest BCUT2D eigenvalue weighted by Crippen LogP contribution is 2.53. The quantitative estimate of drug-likeness (QED) is 0.283. The van der Waals surface area contributed by atoms with Gasteiger partial charge in [-0.15, -0.1) is 0 Å². The zero-order valence-electron chi connectivity index (χ0n) is 17.4. The fraction of sp³-hybridized carbons (Fsp3) is 0.0741. The number of rotatable bonds is 4. The van der Waals surface area contributed by atoms with Gasteiger partial charge in [0.25, 0.3) is 5.91 Å². The number of phenolic OH excluding ortho intramolecular Hbond substituents is 3. The van der Waals surface area contributed by atoms with Crippen LogP contribution in [0.15, 0.2) is 91.0 Å². The number of halogens is 1. The van der Waals surface area contributed by atoms with Crippen molar-refractivity contribution in [3.05, 3.63) is 124 Å². The van der Waals surface area contributed by atoms with Crippen LogP contribution in [0.3, 0.4) is 0 Å². The second-order valence-corrected chi connectivity index (χ2v) is 8.43. The zero-order valence-corrected chi connectivity index (χ0v) is 18.2. The molecule has 33 heavy (non-hydrogen) atoms. The summed E-state index contributed by atoms with van der Waals surface area (Å²) in [5.41, 5.74) is 1.74. The number of benzene rings is 4. The van der Waals surface area contributed by atoms with Crippen LogP contribution in [0.4, 0.5) is 0 Å². The van der Waals surface area contributed by atoms with E-state index in [0.717, 1.165) is 11.6 Å². The third-order valence-corrected chi connectivity index (χ3v) is 6.38. The Bertz CT molecular complexity index is 1350. The number of aromatic hydroxyl groups is 3. The first kappa shape index (κ1) is 20.9. The maximum atomic E-state index is 13.8. The minimum absolute atomic E-state index is 0.212. The molecule has 1 heterocycles. The molecule has 0 aromatic heterocycles. The molecule has 0 aliphatic carbocycles. The summed E-state index contributed by atoms with van der Waals surface area (Å²) in [5.74, 6) is -1.30. The van der Waals surface area contributed by atoms with Crippen molar-refractivity contribution in [1.29, 1.82) is 0 Å². The minimum atomic E-state index is -1.27. The Balaban J connectivity index is 1.88. The summed E-state index contributed by atoms with van der Waals surface area (Å²) < 4.78 is 0. The lowest BCUT2D eigenvalue weighted by Gasteiger charge is -2.41. The molecule has 6 heteroatoms. The number of amides is 1. The molecule has 0 spiro atoms. The third-order valence-electron chi connectivity index (χ3n) is 6.13. The van der Waals surface area contributed by atoms with Crippen LogP contribution in [0.2, 0.25) is 5.02 Å². The largest absolute Gasteiger partial charge is 0.507 e. The van der Waals surface area contributed by atoms with Gasteiger partial charge in [0.15, 0.2) is 11.5 Å². The minimum Gasteiger partial charge on any atom is -0.507 e. The molecule has 0 saturated heterocycles. The van der Waals surface area contributed by atoms with Crippen LogP contribution >= 0.6 is 11.6 Å². The van der Waals surface area contributed by atoms with Crippen molar-refractivity contribution in [3.63, 3.8) is 0 Å². The van der Waals surface area contributed by atoms with Gasteiger partial charge in [-0.2, -0.15) is 0 Å². The van der Waals surface area contributed by atoms with Crippen molar-refractivity contribution in [1.82, 2.24) is 4.90 Å². The molecule has 0 saturated carbocycles. The van der Waals surface area contributed by atoms with E-state index >= 15 is 0 Å².